The van der Waals surface area contributed by atoms with E-state index in [-0.39, 0.29) is 0 Å². The van der Waals surface area contributed by atoms with Gasteiger partial charge in [-0.3, -0.25) is 4.90 Å². The first-order valence-electron chi connectivity index (χ1n) is 5.93. The second-order valence-corrected chi connectivity index (χ2v) is 4.22. The fourth-order valence-electron chi connectivity index (χ4n) is 2.08. The van der Waals surface area contributed by atoms with Crippen LogP contribution in [0.4, 0.5) is 0 Å². The first-order valence-corrected chi connectivity index (χ1v) is 5.93. The molecule has 2 heteroatoms. The zero-order valence-electron chi connectivity index (χ0n) is 9.64. The van der Waals surface area contributed by atoms with Crippen molar-refractivity contribution in [1.29, 1.82) is 0 Å². The molecule has 0 saturated carbocycles. The SMILES string of the molecule is C=CCN1CCC(Oc2ccccc2)CC1. The van der Waals surface area contributed by atoms with Crippen LogP contribution in [0, 0.1) is 0 Å². The Morgan fingerprint density at radius 3 is 2.56 bits per heavy atom. The standard InChI is InChI=1S/C14H19NO/c1-2-10-15-11-8-14(9-12-15)16-13-6-4-3-5-7-13/h2-7,14H,1,8-12H2. The Hall–Kier alpha value is -1.28. The molecular weight excluding hydrogens is 198 g/mol. The highest BCUT2D eigenvalue weighted by molar-refractivity contribution is 5.21. The smallest absolute Gasteiger partial charge is 0.119 e. The monoisotopic (exact) mass is 217 g/mol. The molecular formula is C14H19NO. The lowest BCUT2D eigenvalue weighted by atomic mass is 10.1. The van der Waals surface area contributed by atoms with E-state index in [1.54, 1.807) is 0 Å². The molecule has 1 heterocycles. The zero-order valence-corrected chi connectivity index (χ0v) is 9.64. The summed E-state index contributed by atoms with van der Waals surface area (Å²) < 4.78 is 5.93. The molecule has 0 bridgehead atoms. The van der Waals surface area contributed by atoms with E-state index in [1.807, 2.05) is 36.4 Å². The fourth-order valence-corrected chi connectivity index (χ4v) is 2.08. The molecule has 2 nitrogen and oxygen atoms in total. The highest BCUT2D eigenvalue weighted by Gasteiger charge is 2.19. The van der Waals surface area contributed by atoms with E-state index in [2.05, 4.69) is 11.5 Å². The van der Waals surface area contributed by atoms with Gasteiger partial charge in [-0.05, 0) is 25.0 Å². The van der Waals surface area contributed by atoms with Crippen LogP contribution in [0.3, 0.4) is 0 Å². The van der Waals surface area contributed by atoms with Crippen LogP contribution in [-0.4, -0.2) is 30.6 Å². The maximum absolute atomic E-state index is 5.93. The second-order valence-electron chi connectivity index (χ2n) is 4.22. The van der Waals surface area contributed by atoms with Crippen LogP contribution < -0.4 is 4.74 Å². The van der Waals surface area contributed by atoms with Crippen LogP contribution in [0.2, 0.25) is 0 Å². The molecule has 0 aromatic heterocycles. The van der Waals surface area contributed by atoms with Gasteiger partial charge in [0.05, 0.1) is 0 Å². The quantitative estimate of drug-likeness (QED) is 0.719. The fraction of sp³-hybridized carbons (Fsp3) is 0.429. The third-order valence-corrected chi connectivity index (χ3v) is 2.97. The van der Waals surface area contributed by atoms with E-state index in [9.17, 15) is 0 Å². The van der Waals surface area contributed by atoms with Gasteiger partial charge in [0.1, 0.15) is 11.9 Å². The van der Waals surface area contributed by atoms with Gasteiger partial charge in [-0.25, -0.2) is 0 Å². The van der Waals surface area contributed by atoms with E-state index in [0.29, 0.717) is 6.10 Å². The van der Waals surface area contributed by atoms with Crippen molar-refractivity contribution in [1.82, 2.24) is 4.90 Å². The first kappa shape index (κ1) is 11.2. The Kier molecular flexibility index (Phi) is 4.00. The zero-order chi connectivity index (χ0) is 11.2. The molecule has 1 aromatic carbocycles. The lowest BCUT2D eigenvalue weighted by Crippen LogP contribution is -2.38. The normalized spacial score (nSPS) is 18.2. The minimum Gasteiger partial charge on any atom is -0.490 e. The number of piperidine rings is 1. The van der Waals surface area contributed by atoms with Gasteiger partial charge in [0.25, 0.3) is 0 Å². The number of para-hydroxylation sites is 1. The predicted octanol–water partition coefficient (Wildman–Crippen LogP) is 2.72. The number of benzene rings is 1. The summed E-state index contributed by atoms with van der Waals surface area (Å²) in [6.45, 7) is 7.00. The van der Waals surface area contributed by atoms with Crippen LogP contribution in [0.5, 0.6) is 5.75 Å². The van der Waals surface area contributed by atoms with Crippen molar-refractivity contribution in [3.05, 3.63) is 43.0 Å². The average molecular weight is 217 g/mol. The summed E-state index contributed by atoms with van der Waals surface area (Å²) in [7, 11) is 0. The number of nitrogens with zero attached hydrogens (tertiary/aromatic N) is 1. The molecule has 0 spiro atoms. The van der Waals surface area contributed by atoms with Crippen molar-refractivity contribution in [2.75, 3.05) is 19.6 Å². The molecule has 1 fully saturated rings. The average Bonchev–Trinajstić information content (AvgIpc) is 2.33. The van der Waals surface area contributed by atoms with Crippen LogP contribution in [0.1, 0.15) is 12.8 Å². The highest BCUT2D eigenvalue weighted by atomic mass is 16.5. The molecule has 16 heavy (non-hydrogen) atoms. The molecule has 0 unspecified atom stereocenters. The predicted molar refractivity (Wildman–Crippen MR) is 66.7 cm³/mol. The van der Waals surface area contributed by atoms with E-state index < -0.39 is 0 Å². The minimum absolute atomic E-state index is 0.378. The van der Waals surface area contributed by atoms with Crippen LogP contribution in [0.25, 0.3) is 0 Å². The number of likely N-dealkylation sites (tertiary alicyclic amines) is 1. The molecule has 1 aromatic rings. The van der Waals surface area contributed by atoms with Gasteiger partial charge in [-0.15, -0.1) is 6.58 Å². The highest BCUT2D eigenvalue weighted by Crippen LogP contribution is 2.18. The van der Waals surface area contributed by atoms with E-state index in [4.69, 9.17) is 4.74 Å². The molecule has 1 saturated heterocycles. The van der Waals surface area contributed by atoms with E-state index in [1.165, 1.54) is 0 Å². The van der Waals surface area contributed by atoms with Crippen molar-refractivity contribution in [3.63, 3.8) is 0 Å². The molecule has 1 aliphatic rings. The Morgan fingerprint density at radius 1 is 1.25 bits per heavy atom. The van der Waals surface area contributed by atoms with Crippen molar-refractivity contribution < 1.29 is 4.74 Å². The first-order chi connectivity index (χ1) is 7.88. The lowest BCUT2D eigenvalue weighted by Gasteiger charge is -2.31. The third kappa shape index (κ3) is 3.11. The molecule has 0 radical (unpaired) electrons. The molecule has 0 amide bonds. The Morgan fingerprint density at radius 2 is 1.94 bits per heavy atom. The van der Waals surface area contributed by atoms with Gasteiger partial charge in [0.2, 0.25) is 0 Å². The number of rotatable bonds is 4. The van der Waals surface area contributed by atoms with Crippen molar-refractivity contribution in [2.45, 2.75) is 18.9 Å². The molecule has 0 atom stereocenters. The van der Waals surface area contributed by atoms with Gasteiger partial charge in [0.15, 0.2) is 0 Å². The summed E-state index contributed by atoms with van der Waals surface area (Å²) in [6.07, 6.45) is 4.58. The number of hydrogen-bond donors (Lipinski definition) is 0. The summed E-state index contributed by atoms with van der Waals surface area (Å²) in [4.78, 5) is 2.41. The largest absolute Gasteiger partial charge is 0.490 e. The van der Waals surface area contributed by atoms with Crippen molar-refractivity contribution >= 4 is 0 Å². The molecule has 0 N–H and O–H groups in total. The van der Waals surface area contributed by atoms with Crippen molar-refractivity contribution in [2.24, 2.45) is 0 Å². The maximum Gasteiger partial charge on any atom is 0.119 e. The summed E-state index contributed by atoms with van der Waals surface area (Å²) in [5, 5.41) is 0. The van der Waals surface area contributed by atoms with Crippen LogP contribution in [0.15, 0.2) is 43.0 Å². The lowest BCUT2D eigenvalue weighted by molar-refractivity contribution is 0.107. The van der Waals surface area contributed by atoms with Gasteiger partial charge >= 0.3 is 0 Å². The number of ether oxygens (including phenoxy) is 1. The van der Waals surface area contributed by atoms with E-state index >= 15 is 0 Å². The topological polar surface area (TPSA) is 12.5 Å². The summed E-state index contributed by atoms with van der Waals surface area (Å²) in [6, 6.07) is 10.1. The summed E-state index contributed by atoms with van der Waals surface area (Å²) in [5.74, 6) is 0.990. The maximum atomic E-state index is 5.93. The van der Waals surface area contributed by atoms with Crippen LogP contribution in [-0.2, 0) is 0 Å². The third-order valence-electron chi connectivity index (χ3n) is 2.97. The Balaban J connectivity index is 1.79. The molecule has 0 aliphatic carbocycles. The Bertz CT molecular complexity index is 315. The molecule has 1 aliphatic heterocycles. The second kappa shape index (κ2) is 5.71. The minimum atomic E-state index is 0.378. The van der Waals surface area contributed by atoms with Crippen molar-refractivity contribution in [3.8, 4) is 5.75 Å². The van der Waals surface area contributed by atoms with Gasteiger partial charge in [-0.1, -0.05) is 24.3 Å². The van der Waals surface area contributed by atoms with Gasteiger partial charge in [-0.2, -0.15) is 0 Å². The van der Waals surface area contributed by atoms with Gasteiger partial charge in [0, 0.05) is 19.6 Å². The molecule has 2 rings (SSSR count). The molecule has 86 valence electrons. The summed E-state index contributed by atoms with van der Waals surface area (Å²) in [5.41, 5.74) is 0. The number of hydrogen-bond acceptors (Lipinski definition) is 2. The Labute approximate surface area is 97.5 Å². The summed E-state index contributed by atoms with van der Waals surface area (Å²) >= 11 is 0. The van der Waals surface area contributed by atoms with Crippen LogP contribution >= 0.6 is 0 Å². The van der Waals surface area contributed by atoms with E-state index in [0.717, 1.165) is 38.2 Å². The van der Waals surface area contributed by atoms with Gasteiger partial charge < -0.3 is 4.74 Å².